The van der Waals surface area contributed by atoms with Gasteiger partial charge in [-0.15, -0.1) is 0 Å². The summed E-state index contributed by atoms with van der Waals surface area (Å²) in [6, 6.07) is 27.9. The molecule has 1 N–H and O–H groups in total. The number of hydrogen-bond acceptors (Lipinski definition) is 6. The Balaban J connectivity index is 1.35. The highest BCUT2D eigenvalue weighted by molar-refractivity contribution is 5.88. The van der Waals surface area contributed by atoms with Crippen LogP contribution in [-0.2, 0) is 17.8 Å². The number of nitrogens with one attached hydrogen (secondary N) is 1. The van der Waals surface area contributed by atoms with E-state index < -0.39 is 5.92 Å². The quantitative estimate of drug-likeness (QED) is 0.362. The normalized spacial score (nSPS) is 14.6. The fourth-order valence-electron chi connectivity index (χ4n) is 5.01. The number of carbonyl (C=O) groups is 1. The molecule has 3 aromatic carbocycles. The van der Waals surface area contributed by atoms with E-state index in [0.29, 0.717) is 29.5 Å². The molecule has 5 rings (SSSR count). The van der Waals surface area contributed by atoms with Crippen LogP contribution in [0.25, 0.3) is 11.0 Å². The zero-order valence-corrected chi connectivity index (χ0v) is 21.5. The third-order valence-electron chi connectivity index (χ3n) is 7.15. The molecular weight excluding hydrogens is 474 g/mol. The Hall–Kier alpha value is -4.44. The van der Waals surface area contributed by atoms with E-state index in [1.54, 1.807) is 7.11 Å². The van der Waals surface area contributed by atoms with Gasteiger partial charge in [-0.05, 0) is 60.6 Å². The van der Waals surface area contributed by atoms with Gasteiger partial charge in [-0.2, -0.15) is 5.26 Å². The zero-order chi connectivity index (χ0) is 26.3. The van der Waals surface area contributed by atoms with Crippen LogP contribution >= 0.6 is 0 Å². The van der Waals surface area contributed by atoms with Crippen molar-refractivity contribution in [3.8, 4) is 11.8 Å². The maximum atomic E-state index is 13.3. The lowest BCUT2D eigenvalue weighted by Crippen LogP contribution is -2.37. The maximum absolute atomic E-state index is 13.3. The van der Waals surface area contributed by atoms with Crippen LogP contribution in [0.15, 0.2) is 78.9 Å². The molecule has 7 heteroatoms. The molecule has 1 amide bonds. The fraction of sp³-hybridized carbons (Fsp3) is 0.290. The molecule has 38 heavy (non-hydrogen) atoms. The molecule has 0 saturated carbocycles. The van der Waals surface area contributed by atoms with Gasteiger partial charge in [0, 0.05) is 19.6 Å². The first-order valence-corrected chi connectivity index (χ1v) is 13.0. The predicted molar refractivity (Wildman–Crippen MR) is 148 cm³/mol. The first-order valence-electron chi connectivity index (χ1n) is 13.0. The molecule has 0 radical (unpaired) electrons. The van der Waals surface area contributed by atoms with Crippen molar-refractivity contribution >= 4 is 22.8 Å². The fourth-order valence-corrected chi connectivity index (χ4v) is 5.01. The molecule has 7 nitrogen and oxygen atoms in total. The lowest BCUT2D eigenvalue weighted by Gasteiger charge is -2.34. The Morgan fingerprint density at radius 1 is 0.974 bits per heavy atom. The van der Waals surface area contributed by atoms with Crippen LogP contribution in [0.5, 0.6) is 5.75 Å². The number of benzene rings is 3. The van der Waals surface area contributed by atoms with Gasteiger partial charge in [0.2, 0.25) is 5.91 Å². The summed E-state index contributed by atoms with van der Waals surface area (Å²) in [5, 5.41) is 13.0. The van der Waals surface area contributed by atoms with Crippen molar-refractivity contribution < 1.29 is 9.53 Å². The second-order valence-corrected chi connectivity index (χ2v) is 9.67. The second-order valence-electron chi connectivity index (χ2n) is 9.67. The molecule has 1 atom stereocenters. The van der Waals surface area contributed by atoms with Gasteiger partial charge in [0.1, 0.15) is 11.4 Å². The SMILES string of the molecule is COc1ccc(CNC(=O)[C@H](C#N)c2nc3ccccc3nc2N2CCC(Cc3ccccc3)CC2)cc1. The van der Waals surface area contributed by atoms with Crippen LogP contribution in [0.3, 0.4) is 0 Å². The Bertz CT molecular complexity index is 1420. The lowest BCUT2D eigenvalue weighted by molar-refractivity contribution is -0.121. The first-order chi connectivity index (χ1) is 18.6. The molecule has 0 unspecified atom stereocenters. The molecule has 2 heterocycles. The molecule has 0 bridgehead atoms. The first kappa shape index (κ1) is 25.2. The van der Waals surface area contributed by atoms with Gasteiger partial charge in [-0.1, -0.05) is 54.6 Å². The number of ether oxygens (including phenoxy) is 1. The summed E-state index contributed by atoms with van der Waals surface area (Å²) in [5.41, 5.74) is 4.12. The molecule has 192 valence electrons. The van der Waals surface area contributed by atoms with Crippen LogP contribution in [0.2, 0.25) is 0 Å². The largest absolute Gasteiger partial charge is 0.497 e. The lowest BCUT2D eigenvalue weighted by atomic mass is 9.90. The van der Waals surface area contributed by atoms with E-state index in [0.717, 1.165) is 49.2 Å². The highest BCUT2D eigenvalue weighted by Crippen LogP contribution is 2.31. The van der Waals surface area contributed by atoms with Crippen molar-refractivity contribution in [1.29, 1.82) is 5.26 Å². The summed E-state index contributed by atoms with van der Waals surface area (Å²) < 4.78 is 5.20. The Labute approximate surface area is 223 Å². The van der Waals surface area contributed by atoms with Crippen molar-refractivity contribution in [2.75, 3.05) is 25.1 Å². The van der Waals surface area contributed by atoms with Crippen LogP contribution in [0, 0.1) is 17.2 Å². The summed E-state index contributed by atoms with van der Waals surface area (Å²) in [6.45, 7) is 1.93. The summed E-state index contributed by atoms with van der Waals surface area (Å²) in [5.74, 6) is 0.521. The number of aromatic nitrogens is 2. The van der Waals surface area contributed by atoms with E-state index in [1.165, 1.54) is 5.56 Å². The Morgan fingerprint density at radius 2 is 1.63 bits per heavy atom. The molecule has 1 aliphatic rings. The molecule has 0 spiro atoms. The van der Waals surface area contributed by atoms with Crippen molar-refractivity contribution in [3.63, 3.8) is 0 Å². The third kappa shape index (κ3) is 5.76. The number of methoxy groups -OCH3 is 1. The van der Waals surface area contributed by atoms with Gasteiger partial charge in [0.25, 0.3) is 0 Å². The minimum atomic E-state index is -1.07. The van der Waals surface area contributed by atoms with E-state index in [4.69, 9.17) is 14.7 Å². The van der Waals surface area contributed by atoms with Crippen LogP contribution in [-0.4, -0.2) is 36.1 Å². The monoisotopic (exact) mass is 505 g/mol. The molecule has 1 aliphatic heterocycles. The van der Waals surface area contributed by atoms with E-state index in [2.05, 4.69) is 40.6 Å². The number of amides is 1. The minimum absolute atomic E-state index is 0.308. The molecule has 1 saturated heterocycles. The van der Waals surface area contributed by atoms with Crippen molar-refractivity contribution in [1.82, 2.24) is 15.3 Å². The van der Waals surface area contributed by atoms with Gasteiger partial charge < -0.3 is 15.0 Å². The Morgan fingerprint density at radius 3 is 2.29 bits per heavy atom. The number of fused-ring (bicyclic) bond motifs is 1. The maximum Gasteiger partial charge on any atom is 0.243 e. The van der Waals surface area contributed by atoms with E-state index in [1.807, 2.05) is 54.6 Å². The van der Waals surface area contributed by atoms with Gasteiger partial charge in [-0.3, -0.25) is 4.79 Å². The molecular formula is C31H31N5O2. The van der Waals surface area contributed by atoms with Gasteiger partial charge >= 0.3 is 0 Å². The molecule has 0 aliphatic carbocycles. The predicted octanol–water partition coefficient (Wildman–Crippen LogP) is 5.02. The molecule has 1 fully saturated rings. The summed E-state index contributed by atoms with van der Waals surface area (Å²) in [6.07, 6.45) is 3.09. The minimum Gasteiger partial charge on any atom is -0.497 e. The van der Waals surface area contributed by atoms with Crippen molar-refractivity contribution in [2.24, 2.45) is 5.92 Å². The smallest absolute Gasteiger partial charge is 0.243 e. The number of rotatable bonds is 8. The molecule has 1 aromatic heterocycles. The van der Waals surface area contributed by atoms with Crippen LogP contribution in [0.4, 0.5) is 5.82 Å². The topological polar surface area (TPSA) is 91.1 Å². The third-order valence-corrected chi connectivity index (χ3v) is 7.15. The van der Waals surface area contributed by atoms with E-state index in [-0.39, 0.29) is 5.91 Å². The number of anilines is 1. The van der Waals surface area contributed by atoms with E-state index in [9.17, 15) is 10.1 Å². The number of carbonyl (C=O) groups excluding carboxylic acids is 1. The zero-order valence-electron chi connectivity index (χ0n) is 21.5. The number of nitriles is 1. The van der Waals surface area contributed by atoms with Gasteiger partial charge in [-0.25, -0.2) is 9.97 Å². The van der Waals surface area contributed by atoms with Crippen molar-refractivity contribution in [3.05, 3.63) is 95.7 Å². The number of piperidine rings is 1. The summed E-state index contributed by atoms with van der Waals surface area (Å²) in [7, 11) is 1.61. The van der Waals surface area contributed by atoms with Gasteiger partial charge in [0.15, 0.2) is 11.7 Å². The second kappa shape index (κ2) is 11.7. The van der Waals surface area contributed by atoms with E-state index >= 15 is 0 Å². The average molecular weight is 506 g/mol. The Kier molecular flexibility index (Phi) is 7.79. The molecule has 4 aromatic rings. The average Bonchev–Trinajstić information content (AvgIpc) is 2.97. The highest BCUT2D eigenvalue weighted by Gasteiger charge is 2.30. The summed E-state index contributed by atoms with van der Waals surface area (Å²) >= 11 is 0. The summed E-state index contributed by atoms with van der Waals surface area (Å²) in [4.78, 5) is 25.2. The number of para-hydroxylation sites is 2. The number of hydrogen-bond donors (Lipinski definition) is 1. The van der Waals surface area contributed by atoms with Gasteiger partial charge in [0.05, 0.1) is 24.2 Å². The van der Waals surface area contributed by atoms with Crippen molar-refractivity contribution in [2.45, 2.75) is 31.7 Å². The highest BCUT2D eigenvalue weighted by atomic mass is 16.5. The standard InChI is InChI=1S/C31H31N5O2/c1-38-25-13-11-24(12-14-25)21-33-31(37)26(20-32)29-30(35-28-10-6-5-9-27(28)34-29)36-17-15-23(16-18-36)19-22-7-3-2-4-8-22/h2-14,23,26H,15-19,21H2,1H3,(H,33,37)/t26-/m1/s1. The van der Waals surface area contributed by atoms with Crippen LogP contribution in [0.1, 0.15) is 35.6 Å². The number of nitrogens with zero attached hydrogens (tertiary/aromatic N) is 4. The van der Waals surface area contributed by atoms with Crippen LogP contribution < -0.4 is 15.0 Å².